The fourth-order valence-corrected chi connectivity index (χ4v) is 4.26. The Morgan fingerprint density at radius 1 is 1.30 bits per heavy atom. The number of hydrogen-bond acceptors (Lipinski definition) is 4. The number of amides is 1. The van der Waals surface area contributed by atoms with Crippen LogP contribution in [-0.2, 0) is 14.3 Å². The van der Waals surface area contributed by atoms with Crippen molar-refractivity contribution in [3.05, 3.63) is 45.2 Å². The Labute approximate surface area is 174 Å². The predicted molar refractivity (Wildman–Crippen MR) is 112 cm³/mol. The monoisotopic (exact) mass is 485 g/mol. The summed E-state index contributed by atoms with van der Waals surface area (Å²) in [7, 11) is 0. The van der Waals surface area contributed by atoms with Gasteiger partial charge in [0.25, 0.3) is 5.91 Å². The number of aliphatic hydroxyl groups is 1. The van der Waals surface area contributed by atoms with E-state index < -0.39 is 6.29 Å². The first-order valence-corrected chi connectivity index (χ1v) is 10.9. The molecule has 5 nitrogen and oxygen atoms in total. The molecule has 0 bridgehead atoms. The summed E-state index contributed by atoms with van der Waals surface area (Å²) in [6.45, 7) is 4.18. The SMILES string of the molecule is CCO[C@H]1OC(C(=O)N2CCCC2)=C[C@@H](c2ccc(I)cc2)[C@H]1CCCO. The van der Waals surface area contributed by atoms with Crippen molar-refractivity contribution < 1.29 is 19.4 Å². The zero-order valence-electron chi connectivity index (χ0n) is 15.8. The van der Waals surface area contributed by atoms with Gasteiger partial charge in [0.05, 0.1) is 0 Å². The van der Waals surface area contributed by atoms with Gasteiger partial charge >= 0.3 is 0 Å². The van der Waals surface area contributed by atoms with Gasteiger partial charge in [-0.1, -0.05) is 12.1 Å². The van der Waals surface area contributed by atoms with Gasteiger partial charge in [-0.3, -0.25) is 4.79 Å². The van der Waals surface area contributed by atoms with E-state index >= 15 is 0 Å². The maximum Gasteiger partial charge on any atom is 0.288 e. The second-order valence-electron chi connectivity index (χ2n) is 7.08. The lowest BCUT2D eigenvalue weighted by molar-refractivity contribution is -0.170. The van der Waals surface area contributed by atoms with Crippen molar-refractivity contribution in [3.8, 4) is 0 Å². The Morgan fingerprint density at radius 3 is 2.63 bits per heavy atom. The molecule has 1 aromatic rings. The number of benzene rings is 1. The second-order valence-corrected chi connectivity index (χ2v) is 8.32. The highest BCUT2D eigenvalue weighted by atomic mass is 127. The molecule has 0 radical (unpaired) electrons. The van der Waals surface area contributed by atoms with Crippen molar-refractivity contribution in [2.75, 3.05) is 26.3 Å². The van der Waals surface area contributed by atoms with Crippen molar-refractivity contribution in [3.63, 3.8) is 0 Å². The van der Waals surface area contributed by atoms with Crippen LogP contribution in [0.1, 0.15) is 44.1 Å². The molecular formula is C21H28INO4. The van der Waals surface area contributed by atoms with Crippen LogP contribution in [0.5, 0.6) is 0 Å². The van der Waals surface area contributed by atoms with E-state index in [2.05, 4.69) is 46.9 Å². The van der Waals surface area contributed by atoms with Crippen molar-refractivity contribution >= 4 is 28.5 Å². The van der Waals surface area contributed by atoms with Crippen LogP contribution in [0.3, 0.4) is 0 Å². The second kappa shape index (κ2) is 9.89. The number of likely N-dealkylation sites (tertiary alicyclic amines) is 1. The summed E-state index contributed by atoms with van der Waals surface area (Å²) in [5.74, 6) is 0.458. The number of halogens is 1. The normalized spacial score (nSPS) is 25.2. The molecule has 2 heterocycles. The molecule has 2 aliphatic heterocycles. The van der Waals surface area contributed by atoms with Gasteiger partial charge in [0, 0.05) is 41.7 Å². The maximum absolute atomic E-state index is 12.9. The zero-order chi connectivity index (χ0) is 19.2. The number of ether oxygens (including phenoxy) is 2. The third-order valence-electron chi connectivity index (χ3n) is 5.27. The summed E-state index contributed by atoms with van der Waals surface area (Å²) in [5, 5.41) is 9.33. The molecule has 1 N–H and O–H groups in total. The van der Waals surface area contributed by atoms with Crippen LogP contribution in [0.2, 0.25) is 0 Å². The highest BCUT2D eigenvalue weighted by Crippen LogP contribution is 2.40. The van der Waals surface area contributed by atoms with Crippen molar-refractivity contribution in [2.24, 2.45) is 5.92 Å². The summed E-state index contributed by atoms with van der Waals surface area (Å²) < 4.78 is 13.1. The van der Waals surface area contributed by atoms with Crippen LogP contribution in [0.4, 0.5) is 0 Å². The van der Waals surface area contributed by atoms with Crippen LogP contribution < -0.4 is 0 Å². The molecule has 148 valence electrons. The molecule has 1 fully saturated rings. The van der Waals surface area contributed by atoms with Crippen molar-refractivity contribution in [1.82, 2.24) is 4.90 Å². The topological polar surface area (TPSA) is 59.0 Å². The molecule has 0 unspecified atom stereocenters. The third-order valence-corrected chi connectivity index (χ3v) is 5.99. The van der Waals surface area contributed by atoms with Crippen LogP contribution in [0.15, 0.2) is 36.1 Å². The van der Waals surface area contributed by atoms with E-state index in [0.717, 1.165) is 37.9 Å². The first-order valence-electron chi connectivity index (χ1n) is 9.79. The van der Waals surface area contributed by atoms with Gasteiger partial charge < -0.3 is 19.5 Å². The van der Waals surface area contributed by atoms with Gasteiger partial charge in [0.2, 0.25) is 6.29 Å². The largest absolute Gasteiger partial charge is 0.459 e. The quantitative estimate of drug-likeness (QED) is 0.600. The smallest absolute Gasteiger partial charge is 0.288 e. The minimum absolute atomic E-state index is 0.0282. The van der Waals surface area contributed by atoms with E-state index in [0.29, 0.717) is 18.8 Å². The third kappa shape index (κ3) is 5.03. The van der Waals surface area contributed by atoms with Crippen LogP contribution in [-0.4, -0.2) is 48.5 Å². The average molecular weight is 485 g/mol. The van der Waals surface area contributed by atoms with Gasteiger partial charge in [-0.05, 0) is 79.0 Å². The number of allylic oxidation sites excluding steroid dienone is 1. The summed E-state index contributed by atoms with van der Waals surface area (Å²) in [6, 6.07) is 8.39. The molecule has 3 rings (SSSR count). The van der Waals surface area contributed by atoms with Gasteiger partial charge in [0.15, 0.2) is 5.76 Å². The number of aliphatic hydroxyl groups excluding tert-OH is 1. The lowest BCUT2D eigenvalue weighted by atomic mass is 9.80. The van der Waals surface area contributed by atoms with Crippen LogP contribution in [0.25, 0.3) is 0 Å². The predicted octanol–water partition coefficient (Wildman–Crippen LogP) is 3.66. The molecular weight excluding hydrogens is 457 g/mol. The Kier molecular flexibility index (Phi) is 7.55. The standard InChI is InChI=1S/C21H28INO4/c1-2-26-21-17(6-5-13-24)18(15-7-9-16(22)10-8-15)14-19(27-21)20(25)23-11-3-4-12-23/h7-10,14,17-18,21,24H,2-6,11-13H2,1H3/t17-,18+,21+/m1/s1. The zero-order valence-corrected chi connectivity index (χ0v) is 17.9. The fourth-order valence-electron chi connectivity index (χ4n) is 3.90. The molecule has 2 aliphatic rings. The molecule has 0 aliphatic carbocycles. The minimum Gasteiger partial charge on any atom is -0.459 e. The fraction of sp³-hybridized carbons (Fsp3) is 0.571. The Balaban J connectivity index is 1.93. The molecule has 27 heavy (non-hydrogen) atoms. The molecule has 0 aromatic heterocycles. The molecule has 1 aromatic carbocycles. The lowest BCUT2D eigenvalue weighted by Crippen LogP contribution is -2.39. The molecule has 1 saturated heterocycles. The van der Waals surface area contributed by atoms with Crippen molar-refractivity contribution in [1.29, 1.82) is 0 Å². The van der Waals surface area contributed by atoms with E-state index in [-0.39, 0.29) is 24.3 Å². The molecule has 0 saturated carbocycles. The minimum atomic E-state index is -0.475. The lowest BCUT2D eigenvalue weighted by Gasteiger charge is -2.37. The van der Waals surface area contributed by atoms with E-state index in [9.17, 15) is 9.90 Å². The van der Waals surface area contributed by atoms with Crippen LogP contribution >= 0.6 is 22.6 Å². The number of rotatable bonds is 7. The van der Waals surface area contributed by atoms with Gasteiger partial charge in [0.1, 0.15) is 0 Å². The summed E-state index contributed by atoms with van der Waals surface area (Å²) in [6.07, 6.45) is 5.06. The number of hydrogen-bond donors (Lipinski definition) is 1. The van der Waals surface area contributed by atoms with Crippen molar-refractivity contribution in [2.45, 2.75) is 44.8 Å². The van der Waals surface area contributed by atoms with Gasteiger partial charge in [-0.2, -0.15) is 0 Å². The Bertz CT molecular complexity index is 655. The molecule has 0 spiro atoms. The highest BCUT2D eigenvalue weighted by molar-refractivity contribution is 14.1. The molecule has 1 amide bonds. The number of carbonyl (C=O) groups is 1. The first kappa shape index (κ1) is 20.6. The first-order chi connectivity index (χ1) is 13.1. The summed E-state index contributed by atoms with van der Waals surface area (Å²) in [5.41, 5.74) is 1.15. The highest BCUT2D eigenvalue weighted by Gasteiger charge is 2.39. The Morgan fingerprint density at radius 2 is 2.00 bits per heavy atom. The van der Waals surface area contributed by atoms with Gasteiger partial charge in [-0.15, -0.1) is 0 Å². The van der Waals surface area contributed by atoms with E-state index in [1.54, 1.807) is 0 Å². The number of carbonyl (C=O) groups excluding carboxylic acids is 1. The van der Waals surface area contributed by atoms with E-state index in [4.69, 9.17) is 9.47 Å². The number of nitrogens with zero attached hydrogens (tertiary/aromatic N) is 1. The molecule has 3 atom stereocenters. The van der Waals surface area contributed by atoms with Gasteiger partial charge in [-0.25, -0.2) is 0 Å². The summed E-state index contributed by atoms with van der Waals surface area (Å²) >= 11 is 2.29. The maximum atomic E-state index is 12.9. The van der Waals surface area contributed by atoms with E-state index in [1.807, 2.05) is 17.9 Å². The summed E-state index contributed by atoms with van der Waals surface area (Å²) in [4.78, 5) is 14.8. The Hall–Kier alpha value is -1.12. The average Bonchev–Trinajstić information content (AvgIpc) is 3.21. The van der Waals surface area contributed by atoms with E-state index in [1.165, 1.54) is 3.57 Å². The van der Waals surface area contributed by atoms with Crippen LogP contribution in [0, 0.1) is 9.49 Å². The molecule has 6 heteroatoms.